The molecule has 2 unspecified atom stereocenters. The van der Waals surface area contributed by atoms with Crippen LogP contribution in [-0.4, -0.2) is 25.3 Å². The summed E-state index contributed by atoms with van der Waals surface area (Å²) in [5, 5.41) is 1.19. The number of nitrogens with two attached hydrogens (primary N) is 1. The van der Waals surface area contributed by atoms with Crippen LogP contribution in [0, 0.1) is 0 Å². The Bertz CT molecular complexity index is 402. The molecular weight excluding hydrogens is 259 g/mol. The number of hydrogen-bond donors (Lipinski definition) is 1. The Morgan fingerprint density at radius 1 is 1.29 bits per heavy atom. The molecule has 0 amide bonds. The van der Waals surface area contributed by atoms with E-state index in [-0.39, 0.29) is 12.1 Å². The Kier molecular flexibility index (Phi) is 3.71. The lowest BCUT2D eigenvalue weighted by Gasteiger charge is -2.39. The first kappa shape index (κ1) is 12.8. The first-order chi connectivity index (χ1) is 7.99. The number of ether oxygens (including phenoxy) is 1. The van der Waals surface area contributed by atoms with E-state index in [1.165, 1.54) is 0 Å². The summed E-state index contributed by atoms with van der Waals surface area (Å²) in [6, 6.07) is 3.72. The lowest BCUT2D eigenvalue weighted by molar-refractivity contribution is 0.0344. The van der Waals surface area contributed by atoms with E-state index >= 15 is 0 Å². The second-order valence-electron chi connectivity index (χ2n) is 4.48. The maximum Gasteiger partial charge on any atom is 0.0750 e. The molecule has 1 aromatic carbocycles. The van der Waals surface area contributed by atoms with Gasteiger partial charge in [-0.1, -0.05) is 23.2 Å². The lowest BCUT2D eigenvalue weighted by atomic mass is 10.1. The van der Waals surface area contributed by atoms with Crippen LogP contribution in [0.2, 0.25) is 10.0 Å². The van der Waals surface area contributed by atoms with Crippen LogP contribution < -0.4 is 10.6 Å². The van der Waals surface area contributed by atoms with E-state index < -0.39 is 0 Å². The molecule has 0 aromatic heterocycles. The van der Waals surface area contributed by atoms with Gasteiger partial charge in [0.05, 0.1) is 28.4 Å². The molecule has 1 fully saturated rings. The van der Waals surface area contributed by atoms with Crippen molar-refractivity contribution in [3.63, 3.8) is 0 Å². The molecule has 2 rings (SSSR count). The van der Waals surface area contributed by atoms with Crippen molar-refractivity contribution >= 4 is 34.6 Å². The molecule has 2 atom stereocenters. The fourth-order valence-corrected chi connectivity index (χ4v) is 2.80. The van der Waals surface area contributed by atoms with Crippen molar-refractivity contribution in [2.24, 2.45) is 0 Å². The summed E-state index contributed by atoms with van der Waals surface area (Å²) in [7, 11) is 0. The van der Waals surface area contributed by atoms with Gasteiger partial charge in [-0.2, -0.15) is 0 Å². The highest BCUT2D eigenvalue weighted by Crippen LogP contribution is 2.37. The van der Waals surface area contributed by atoms with Crippen molar-refractivity contribution in [2.45, 2.75) is 26.0 Å². The van der Waals surface area contributed by atoms with Gasteiger partial charge in [-0.3, -0.25) is 0 Å². The van der Waals surface area contributed by atoms with Crippen molar-refractivity contribution in [1.82, 2.24) is 0 Å². The summed E-state index contributed by atoms with van der Waals surface area (Å²) < 4.78 is 5.59. The lowest BCUT2D eigenvalue weighted by Crippen LogP contribution is -2.47. The van der Waals surface area contributed by atoms with E-state index in [9.17, 15) is 0 Å². The third kappa shape index (κ3) is 2.62. The van der Waals surface area contributed by atoms with Gasteiger partial charge in [0.15, 0.2) is 0 Å². The zero-order valence-electron chi connectivity index (χ0n) is 9.91. The summed E-state index contributed by atoms with van der Waals surface area (Å²) in [5.41, 5.74) is 7.14. The van der Waals surface area contributed by atoms with Crippen molar-refractivity contribution < 1.29 is 4.74 Å². The molecular formula is C12H16Cl2N2O. The largest absolute Gasteiger partial charge is 0.399 e. The van der Waals surface area contributed by atoms with Gasteiger partial charge in [0, 0.05) is 18.3 Å². The van der Waals surface area contributed by atoms with E-state index in [0.717, 1.165) is 12.2 Å². The monoisotopic (exact) mass is 274 g/mol. The van der Waals surface area contributed by atoms with Gasteiger partial charge in [-0.05, 0) is 26.0 Å². The molecule has 1 saturated heterocycles. The predicted octanol–water partition coefficient (Wildman–Crippen LogP) is 3.19. The SMILES string of the molecule is CC1CN(c2c(Cl)cc(N)cc2Cl)C(C)CO1. The second-order valence-corrected chi connectivity index (χ2v) is 5.29. The van der Waals surface area contributed by atoms with Crippen LogP contribution in [0.25, 0.3) is 0 Å². The summed E-state index contributed by atoms with van der Waals surface area (Å²) in [6.07, 6.45) is 0.177. The summed E-state index contributed by atoms with van der Waals surface area (Å²) in [5.74, 6) is 0. The summed E-state index contributed by atoms with van der Waals surface area (Å²) in [4.78, 5) is 2.18. The fourth-order valence-electron chi connectivity index (χ4n) is 2.07. The van der Waals surface area contributed by atoms with Crippen molar-refractivity contribution in [1.29, 1.82) is 0 Å². The quantitative estimate of drug-likeness (QED) is 0.800. The maximum absolute atomic E-state index is 6.23. The highest BCUT2D eigenvalue weighted by atomic mass is 35.5. The van der Waals surface area contributed by atoms with Gasteiger partial charge in [-0.15, -0.1) is 0 Å². The van der Waals surface area contributed by atoms with E-state index in [1.54, 1.807) is 12.1 Å². The number of nitrogens with zero attached hydrogens (tertiary/aromatic N) is 1. The molecule has 1 heterocycles. The Balaban J connectivity index is 2.38. The molecule has 5 heteroatoms. The Labute approximate surface area is 111 Å². The first-order valence-corrected chi connectivity index (χ1v) is 6.37. The van der Waals surface area contributed by atoms with Gasteiger partial charge in [0.1, 0.15) is 0 Å². The fraction of sp³-hybridized carbons (Fsp3) is 0.500. The minimum Gasteiger partial charge on any atom is -0.399 e. The Morgan fingerprint density at radius 3 is 2.47 bits per heavy atom. The van der Waals surface area contributed by atoms with Gasteiger partial charge < -0.3 is 15.4 Å². The maximum atomic E-state index is 6.23. The second kappa shape index (κ2) is 4.92. The molecule has 0 bridgehead atoms. The molecule has 3 nitrogen and oxygen atoms in total. The topological polar surface area (TPSA) is 38.5 Å². The van der Waals surface area contributed by atoms with Gasteiger partial charge >= 0.3 is 0 Å². The first-order valence-electron chi connectivity index (χ1n) is 5.61. The summed E-state index contributed by atoms with van der Waals surface area (Å²) in [6.45, 7) is 5.59. The van der Waals surface area contributed by atoms with Crippen LogP contribution in [0.4, 0.5) is 11.4 Å². The predicted molar refractivity (Wildman–Crippen MR) is 73.1 cm³/mol. The zero-order valence-corrected chi connectivity index (χ0v) is 11.4. The normalized spacial score (nSPS) is 25.1. The Morgan fingerprint density at radius 2 is 1.88 bits per heavy atom. The number of halogens is 2. The number of benzene rings is 1. The third-order valence-corrected chi connectivity index (χ3v) is 3.51. The molecule has 1 aromatic rings. The number of anilines is 2. The number of morpholine rings is 1. The molecule has 1 aliphatic heterocycles. The molecule has 0 aliphatic carbocycles. The molecule has 17 heavy (non-hydrogen) atoms. The minimum absolute atomic E-state index is 0.177. The number of rotatable bonds is 1. The van der Waals surface area contributed by atoms with Crippen LogP contribution >= 0.6 is 23.2 Å². The van der Waals surface area contributed by atoms with E-state index in [2.05, 4.69) is 11.8 Å². The van der Waals surface area contributed by atoms with Gasteiger partial charge in [0.2, 0.25) is 0 Å². The standard InChI is InChI=1S/C12H16Cl2N2O/c1-7-6-17-8(2)5-16(7)12-10(13)3-9(15)4-11(12)14/h3-4,7-8H,5-6,15H2,1-2H3. The molecule has 0 saturated carbocycles. The van der Waals surface area contributed by atoms with Crippen molar-refractivity contribution in [3.05, 3.63) is 22.2 Å². The van der Waals surface area contributed by atoms with Crippen LogP contribution in [0.3, 0.4) is 0 Å². The smallest absolute Gasteiger partial charge is 0.0750 e. The van der Waals surface area contributed by atoms with Crippen molar-refractivity contribution in [2.75, 3.05) is 23.8 Å². The highest BCUT2D eigenvalue weighted by Gasteiger charge is 2.26. The van der Waals surface area contributed by atoms with Gasteiger partial charge in [0.25, 0.3) is 0 Å². The van der Waals surface area contributed by atoms with Gasteiger partial charge in [-0.25, -0.2) is 0 Å². The minimum atomic E-state index is 0.177. The molecule has 94 valence electrons. The van der Waals surface area contributed by atoms with E-state index in [4.69, 9.17) is 33.7 Å². The average molecular weight is 275 g/mol. The molecule has 0 spiro atoms. The third-order valence-electron chi connectivity index (χ3n) is 2.93. The molecule has 1 aliphatic rings. The van der Waals surface area contributed by atoms with Crippen LogP contribution in [0.15, 0.2) is 12.1 Å². The average Bonchev–Trinajstić information content (AvgIpc) is 2.21. The number of hydrogen-bond acceptors (Lipinski definition) is 3. The number of nitrogen functional groups attached to an aromatic ring is 1. The summed E-state index contributed by atoms with van der Waals surface area (Å²) >= 11 is 12.5. The molecule has 2 N–H and O–H groups in total. The van der Waals surface area contributed by atoms with Crippen LogP contribution in [0.5, 0.6) is 0 Å². The van der Waals surface area contributed by atoms with Crippen LogP contribution in [-0.2, 0) is 4.74 Å². The Hall–Kier alpha value is -0.640. The van der Waals surface area contributed by atoms with Crippen molar-refractivity contribution in [3.8, 4) is 0 Å². The molecule has 0 radical (unpaired) electrons. The van der Waals surface area contributed by atoms with E-state index in [0.29, 0.717) is 22.3 Å². The zero-order chi connectivity index (χ0) is 12.6. The highest BCUT2D eigenvalue weighted by molar-refractivity contribution is 6.39. The van der Waals surface area contributed by atoms with Crippen LogP contribution in [0.1, 0.15) is 13.8 Å². The van der Waals surface area contributed by atoms with E-state index in [1.807, 2.05) is 6.92 Å².